The summed E-state index contributed by atoms with van der Waals surface area (Å²) < 4.78 is 74.6. The van der Waals surface area contributed by atoms with Gasteiger partial charge in [0, 0.05) is 18.7 Å². The van der Waals surface area contributed by atoms with Crippen LogP contribution in [0.15, 0.2) is 48.5 Å². The fourth-order valence-corrected chi connectivity index (χ4v) is 4.10. The van der Waals surface area contributed by atoms with Crippen molar-refractivity contribution in [1.82, 2.24) is 4.90 Å². The van der Waals surface area contributed by atoms with Crippen molar-refractivity contribution in [2.24, 2.45) is 5.92 Å². The molecule has 0 spiro atoms. The Balaban J connectivity index is 0.00000106. The molecule has 0 saturated carbocycles. The summed E-state index contributed by atoms with van der Waals surface area (Å²) in [4.78, 5) is 14.4. The Morgan fingerprint density at radius 2 is 1.64 bits per heavy atom. The number of nitrogens with zero attached hydrogens (tertiary/aromatic N) is 1. The van der Waals surface area contributed by atoms with Crippen LogP contribution in [-0.4, -0.2) is 44.0 Å². The van der Waals surface area contributed by atoms with Crippen LogP contribution in [0.2, 0.25) is 0 Å². The third-order valence-electron chi connectivity index (χ3n) is 6.06. The SMILES string of the molecule is C#COC.CC(C)(c1cccc(OC(F)(F)F)c1)C1CCN(C(=O)c2ccc(OC(F)F)cc2)CC1. The van der Waals surface area contributed by atoms with E-state index in [0.29, 0.717) is 31.5 Å². The van der Waals surface area contributed by atoms with Gasteiger partial charge in [0.05, 0.1) is 7.11 Å². The summed E-state index contributed by atoms with van der Waals surface area (Å²) in [5, 5.41) is 0. The fourth-order valence-electron chi connectivity index (χ4n) is 4.10. The minimum atomic E-state index is -4.75. The molecule has 2 aromatic rings. The van der Waals surface area contributed by atoms with Gasteiger partial charge >= 0.3 is 13.0 Å². The average Bonchev–Trinajstić information content (AvgIpc) is 2.83. The van der Waals surface area contributed by atoms with E-state index in [1.165, 1.54) is 49.6 Å². The van der Waals surface area contributed by atoms with Gasteiger partial charge in [0.15, 0.2) is 0 Å². The number of methoxy groups -OCH3 is 1. The molecular weight excluding hydrogens is 485 g/mol. The molecule has 1 saturated heterocycles. The van der Waals surface area contributed by atoms with Gasteiger partial charge in [-0.25, -0.2) is 0 Å². The number of terminal acetylenes is 1. The standard InChI is InChI=1S/C23H24F5NO3.C3H4O/c1-22(2,17-4-3-5-19(14-17)32-23(26,27)28)16-10-12-29(13-11-16)20(30)15-6-8-18(9-7-15)31-21(24)25;1-3-4-2/h3-9,14,16,21H,10-13H2,1-2H3;1H,2H3. The number of carbonyl (C=O) groups is 1. The van der Waals surface area contributed by atoms with Gasteiger partial charge in [0.2, 0.25) is 0 Å². The first kappa shape index (κ1) is 28.8. The summed E-state index contributed by atoms with van der Waals surface area (Å²) in [6, 6.07) is 11.5. The first-order valence-electron chi connectivity index (χ1n) is 11.1. The lowest BCUT2D eigenvalue weighted by atomic mass is 9.69. The van der Waals surface area contributed by atoms with E-state index in [-0.39, 0.29) is 23.3 Å². The van der Waals surface area contributed by atoms with E-state index in [1.807, 2.05) is 20.0 Å². The van der Waals surface area contributed by atoms with Crippen molar-refractivity contribution in [2.75, 3.05) is 20.2 Å². The van der Waals surface area contributed by atoms with Gasteiger partial charge in [0.1, 0.15) is 17.6 Å². The van der Waals surface area contributed by atoms with Crippen LogP contribution in [0.1, 0.15) is 42.6 Å². The predicted octanol–water partition coefficient (Wildman–Crippen LogP) is 6.24. The lowest BCUT2D eigenvalue weighted by Gasteiger charge is -2.41. The van der Waals surface area contributed by atoms with E-state index >= 15 is 0 Å². The van der Waals surface area contributed by atoms with Crippen LogP contribution in [-0.2, 0) is 10.2 Å². The van der Waals surface area contributed by atoms with Crippen molar-refractivity contribution in [3.63, 3.8) is 0 Å². The summed E-state index contributed by atoms with van der Waals surface area (Å²) in [7, 11) is 1.44. The Bertz CT molecular complexity index is 1020. The maximum atomic E-state index is 12.8. The zero-order valence-electron chi connectivity index (χ0n) is 20.1. The number of rotatable bonds is 6. The number of hydrogen-bond acceptors (Lipinski definition) is 4. The maximum Gasteiger partial charge on any atom is 0.573 e. The summed E-state index contributed by atoms with van der Waals surface area (Å²) in [6.07, 6.45) is 3.09. The number of alkyl halides is 5. The van der Waals surface area contributed by atoms with Crippen LogP contribution in [0, 0.1) is 18.4 Å². The Kier molecular flexibility index (Phi) is 9.96. The highest BCUT2D eigenvalue weighted by atomic mass is 19.4. The predicted molar refractivity (Wildman–Crippen MR) is 124 cm³/mol. The van der Waals surface area contributed by atoms with Crippen molar-refractivity contribution < 1.29 is 41.0 Å². The highest BCUT2D eigenvalue weighted by Crippen LogP contribution is 2.40. The summed E-state index contributed by atoms with van der Waals surface area (Å²) in [5.41, 5.74) is 0.689. The highest BCUT2D eigenvalue weighted by molar-refractivity contribution is 5.94. The number of likely N-dealkylation sites (tertiary alicyclic amines) is 1. The van der Waals surface area contributed by atoms with E-state index in [1.54, 1.807) is 11.0 Å². The Morgan fingerprint density at radius 3 is 2.14 bits per heavy atom. The van der Waals surface area contributed by atoms with E-state index < -0.39 is 18.4 Å². The molecule has 3 rings (SSSR count). The molecule has 36 heavy (non-hydrogen) atoms. The maximum absolute atomic E-state index is 12.8. The number of ether oxygens (including phenoxy) is 3. The third-order valence-corrected chi connectivity index (χ3v) is 6.06. The van der Waals surface area contributed by atoms with Crippen LogP contribution >= 0.6 is 0 Å². The van der Waals surface area contributed by atoms with Crippen LogP contribution in [0.3, 0.4) is 0 Å². The second-order valence-corrected chi connectivity index (χ2v) is 8.59. The topological polar surface area (TPSA) is 48.0 Å². The quantitative estimate of drug-likeness (QED) is 0.339. The Labute approximate surface area is 207 Å². The number of carbonyl (C=O) groups excluding carboxylic acids is 1. The summed E-state index contributed by atoms with van der Waals surface area (Å²) >= 11 is 0. The largest absolute Gasteiger partial charge is 0.573 e. The molecule has 0 radical (unpaired) electrons. The number of hydrogen-bond donors (Lipinski definition) is 0. The molecule has 1 fully saturated rings. The van der Waals surface area contributed by atoms with Crippen LogP contribution in [0.4, 0.5) is 22.0 Å². The number of halogens is 5. The van der Waals surface area contributed by atoms with Crippen LogP contribution in [0.25, 0.3) is 0 Å². The minimum Gasteiger partial charge on any atom is -0.450 e. The highest BCUT2D eigenvalue weighted by Gasteiger charge is 2.36. The Hall–Kier alpha value is -3.48. The van der Waals surface area contributed by atoms with Crippen molar-refractivity contribution in [2.45, 2.75) is 45.1 Å². The van der Waals surface area contributed by atoms with Crippen molar-refractivity contribution in [1.29, 1.82) is 0 Å². The van der Waals surface area contributed by atoms with E-state index in [0.717, 1.165) is 5.56 Å². The molecule has 196 valence electrons. The number of piperidine rings is 1. The second-order valence-electron chi connectivity index (χ2n) is 8.59. The van der Waals surface area contributed by atoms with Crippen molar-refractivity contribution in [3.05, 3.63) is 59.7 Å². The molecule has 0 unspecified atom stereocenters. The molecule has 1 aliphatic rings. The molecule has 2 aromatic carbocycles. The minimum absolute atomic E-state index is 0.0197. The summed E-state index contributed by atoms with van der Waals surface area (Å²) in [6.45, 7) is 1.99. The zero-order valence-corrected chi connectivity index (χ0v) is 20.1. The second kappa shape index (κ2) is 12.5. The van der Waals surface area contributed by atoms with Gasteiger partial charge in [-0.1, -0.05) is 32.4 Å². The van der Waals surface area contributed by atoms with E-state index in [9.17, 15) is 26.7 Å². The molecule has 0 aliphatic carbocycles. The van der Waals surface area contributed by atoms with Crippen LogP contribution < -0.4 is 9.47 Å². The smallest absolute Gasteiger partial charge is 0.450 e. The van der Waals surface area contributed by atoms with Gasteiger partial charge in [0.25, 0.3) is 5.91 Å². The third kappa shape index (κ3) is 8.33. The molecule has 1 amide bonds. The average molecular weight is 514 g/mol. The van der Waals surface area contributed by atoms with Crippen molar-refractivity contribution in [3.8, 4) is 24.0 Å². The zero-order chi connectivity index (χ0) is 26.9. The fraction of sp³-hybridized carbons (Fsp3) is 0.423. The van der Waals surface area contributed by atoms with Gasteiger partial charge in [-0.2, -0.15) is 8.78 Å². The molecular formula is C26H28F5NO4. The first-order valence-corrected chi connectivity index (χ1v) is 11.1. The van der Waals surface area contributed by atoms with Gasteiger partial charge in [-0.3, -0.25) is 4.79 Å². The molecule has 0 bridgehead atoms. The lowest BCUT2D eigenvalue weighted by molar-refractivity contribution is -0.274. The molecule has 5 nitrogen and oxygen atoms in total. The number of amides is 1. The lowest BCUT2D eigenvalue weighted by Crippen LogP contribution is -2.43. The van der Waals surface area contributed by atoms with Gasteiger partial charge in [-0.15, -0.1) is 13.2 Å². The van der Waals surface area contributed by atoms with Crippen molar-refractivity contribution >= 4 is 5.91 Å². The van der Waals surface area contributed by atoms with Gasteiger partial charge < -0.3 is 19.1 Å². The van der Waals surface area contributed by atoms with E-state index in [4.69, 9.17) is 0 Å². The summed E-state index contributed by atoms with van der Waals surface area (Å²) in [5.74, 6) is -0.330. The number of benzene rings is 2. The van der Waals surface area contributed by atoms with E-state index in [2.05, 4.69) is 20.6 Å². The van der Waals surface area contributed by atoms with Gasteiger partial charge in [-0.05, 0) is 66.1 Å². The Morgan fingerprint density at radius 1 is 1.06 bits per heavy atom. The monoisotopic (exact) mass is 513 g/mol. The van der Waals surface area contributed by atoms with Crippen LogP contribution in [0.5, 0.6) is 11.5 Å². The molecule has 0 aromatic heterocycles. The molecule has 1 heterocycles. The molecule has 0 atom stereocenters. The molecule has 1 aliphatic heterocycles. The molecule has 0 N–H and O–H groups in total. The first-order chi connectivity index (χ1) is 16.9. The molecule has 10 heteroatoms. The normalized spacial score (nSPS) is 14.4.